The zero-order chi connectivity index (χ0) is 21.7. The quantitative estimate of drug-likeness (QED) is 0.480. The van der Waals surface area contributed by atoms with E-state index in [1.165, 1.54) is 24.3 Å². The molecule has 0 atom stereocenters. The van der Waals surface area contributed by atoms with E-state index in [9.17, 15) is 13.2 Å². The third-order valence-electron chi connectivity index (χ3n) is 3.88. The SMILES string of the molecule is CC(C)NS(=O)(=O)c1ccc(NC(=O)c2ccc(COc3cccc(Br)c3)o2)cc1. The van der Waals surface area contributed by atoms with E-state index in [0.717, 1.165) is 4.47 Å². The van der Waals surface area contributed by atoms with Crippen LogP contribution in [0, 0.1) is 0 Å². The van der Waals surface area contributed by atoms with Crippen molar-refractivity contribution in [2.45, 2.75) is 31.4 Å². The van der Waals surface area contributed by atoms with E-state index < -0.39 is 15.9 Å². The van der Waals surface area contributed by atoms with Crippen LogP contribution in [0.3, 0.4) is 0 Å². The topological polar surface area (TPSA) is 97.6 Å². The summed E-state index contributed by atoms with van der Waals surface area (Å²) in [7, 11) is -3.58. The van der Waals surface area contributed by atoms with Gasteiger partial charge in [0.15, 0.2) is 5.76 Å². The monoisotopic (exact) mass is 492 g/mol. The minimum Gasteiger partial charge on any atom is -0.486 e. The van der Waals surface area contributed by atoms with Gasteiger partial charge in [-0.15, -0.1) is 0 Å². The van der Waals surface area contributed by atoms with Crippen LogP contribution in [0.15, 0.2) is 74.4 Å². The number of halogens is 1. The van der Waals surface area contributed by atoms with Gasteiger partial charge in [-0.1, -0.05) is 22.0 Å². The summed E-state index contributed by atoms with van der Waals surface area (Å²) in [5.74, 6) is 0.857. The zero-order valence-electron chi connectivity index (χ0n) is 16.4. The molecular weight excluding hydrogens is 472 g/mol. The molecule has 158 valence electrons. The smallest absolute Gasteiger partial charge is 0.291 e. The average molecular weight is 493 g/mol. The van der Waals surface area contributed by atoms with Gasteiger partial charge in [0, 0.05) is 16.2 Å². The van der Waals surface area contributed by atoms with Crippen LogP contribution < -0.4 is 14.8 Å². The molecule has 1 heterocycles. The van der Waals surface area contributed by atoms with Crippen molar-refractivity contribution >= 4 is 37.5 Å². The van der Waals surface area contributed by atoms with Gasteiger partial charge in [0.1, 0.15) is 18.1 Å². The van der Waals surface area contributed by atoms with E-state index in [0.29, 0.717) is 17.2 Å². The predicted molar refractivity (Wildman–Crippen MR) is 117 cm³/mol. The fraction of sp³-hybridized carbons (Fsp3) is 0.190. The fourth-order valence-corrected chi connectivity index (χ4v) is 4.21. The molecule has 0 fully saturated rings. The first-order valence-electron chi connectivity index (χ1n) is 9.14. The Kier molecular flexibility index (Phi) is 6.96. The number of hydrogen-bond acceptors (Lipinski definition) is 5. The second-order valence-corrected chi connectivity index (χ2v) is 9.40. The number of sulfonamides is 1. The summed E-state index contributed by atoms with van der Waals surface area (Å²) < 4.78 is 38.9. The van der Waals surface area contributed by atoms with Gasteiger partial charge < -0.3 is 14.5 Å². The lowest BCUT2D eigenvalue weighted by Crippen LogP contribution is -2.30. The normalized spacial score (nSPS) is 11.5. The highest BCUT2D eigenvalue weighted by molar-refractivity contribution is 9.10. The molecule has 3 rings (SSSR count). The van der Waals surface area contributed by atoms with Gasteiger partial charge in [0.2, 0.25) is 10.0 Å². The number of carbonyl (C=O) groups excluding carboxylic acids is 1. The largest absolute Gasteiger partial charge is 0.486 e. The van der Waals surface area contributed by atoms with Crippen LogP contribution in [0.5, 0.6) is 5.75 Å². The number of ether oxygens (including phenoxy) is 1. The summed E-state index contributed by atoms with van der Waals surface area (Å²) in [5, 5.41) is 2.68. The second kappa shape index (κ2) is 9.46. The average Bonchev–Trinajstić information content (AvgIpc) is 3.15. The Morgan fingerprint density at radius 2 is 1.83 bits per heavy atom. The van der Waals surface area contributed by atoms with Gasteiger partial charge >= 0.3 is 0 Å². The highest BCUT2D eigenvalue weighted by Crippen LogP contribution is 2.20. The molecule has 2 aromatic carbocycles. The first kappa shape index (κ1) is 22.1. The fourth-order valence-electron chi connectivity index (χ4n) is 2.58. The maximum atomic E-state index is 12.4. The molecule has 0 aliphatic heterocycles. The van der Waals surface area contributed by atoms with Gasteiger partial charge in [-0.2, -0.15) is 0 Å². The minimum atomic E-state index is -3.58. The molecule has 0 bridgehead atoms. The summed E-state index contributed by atoms with van der Waals surface area (Å²) in [5.41, 5.74) is 0.451. The number of hydrogen-bond donors (Lipinski definition) is 2. The van der Waals surface area contributed by atoms with Crippen molar-refractivity contribution in [2.75, 3.05) is 5.32 Å². The van der Waals surface area contributed by atoms with Crippen LogP contribution >= 0.6 is 15.9 Å². The summed E-state index contributed by atoms with van der Waals surface area (Å²) in [6.45, 7) is 3.67. The number of nitrogens with one attached hydrogen (secondary N) is 2. The molecule has 0 aliphatic rings. The van der Waals surface area contributed by atoms with E-state index in [4.69, 9.17) is 9.15 Å². The molecule has 0 aliphatic carbocycles. The summed E-state index contributed by atoms with van der Waals surface area (Å²) in [4.78, 5) is 12.5. The highest BCUT2D eigenvalue weighted by atomic mass is 79.9. The molecule has 0 saturated carbocycles. The van der Waals surface area contributed by atoms with Crippen LogP contribution in [-0.2, 0) is 16.6 Å². The Hall–Kier alpha value is -2.62. The highest BCUT2D eigenvalue weighted by Gasteiger charge is 2.16. The zero-order valence-corrected chi connectivity index (χ0v) is 18.8. The molecule has 0 radical (unpaired) electrons. The Morgan fingerprint density at radius 1 is 1.10 bits per heavy atom. The molecule has 3 aromatic rings. The van der Waals surface area contributed by atoms with Gasteiger partial charge in [0.25, 0.3) is 5.91 Å². The first-order valence-corrected chi connectivity index (χ1v) is 11.4. The van der Waals surface area contributed by atoms with E-state index >= 15 is 0 Å². The predicted octanol–water partition coefficient (Wildman–Crippen LogP) is 4.56. The van der Waals surface area contributed by atoms with E-state index in [2.05, 4.69) is 26.0 Å². The van der Waals surface area contributed by atoms with E-state index in [-0.39, 0.29) is 23.3 Å². The third kappa shape index (κ3) is 5.94. The standard InChI is InChI=1S/C21H21BrN2O5S/c1-14(2)24-30(26,27)19-9-6-16(7-10-19)23-21(25)20-11-8-18(29-20)13-28-17-5-3-4-15(22)12-17/h3-12,14,24H,13H2,1-2H3,(H,23,25). The van der Waals surface area contributed by atoms with Crippen molar-refractivity contribution in [3.63, 3.8) is 0 Å². The molecule has 0 saturated heterocycles. The van der Waals surface area contributed by atoms with E-state index in [1.54, 1.807) is 26.0 Å². The molecule has 7 nitrogen and oxygen atoms in total. The van der Waals surface area contributed by atoms with Crippen molar-refractivity contribution in [2.24, 2.45) is 0 Å². The third-order valence-corrected chi connectivity index (χ3v) is 6.04. The Balaban J connectivity index is 1.60. The van der Waals surface area contributed by atoms with Crippen molar-refractivity contribution in [3.8, 4) is 5.75 Å². The first-order chi connectivity index (χ1) is 14.2. The Morgan fingerprint density at radius 3 is 2.50 bits per heavy atom. The molecular formula is C21H21BrN2O5S. The lowest BCUT2D eigenvalue weighted by molar-refractivity contribution is 0.0992. The lowest BCUT2D eigenvalue weighted by atomic mass is 10.3. The molecule has 1 amide bonds. The molecule has 2 N–H and O–H groups in total. The number of rotatable bonds is 8. The minimum absolute atomic E-state index is 0.124. The van der Waals surface area contributed by atoms with Gasteiger partial charge in [-0.05, 0) is 68.4 Å². The maximum Gasteiger partial charge on any atom is 0.291 e. The van der Waals surface area contributed by atoms with E-state index in [1.807, 2.05) is 24.3 Å². The second-order valence-electron chi connectivity index (χ2n) is 6.77. The van der Waals surface area contributed by atoms with Crippen LogP contribution in [0.2, 0.25) is 0 Å². The molecule has 30 heavy (non-hydrogen) atoms. The lowest BCUT2D eigenvalue weighted by Gasteiger charge is -2.10. The van der Waals surface area contributed by atoms with Gasteiger partial charge in [-0.25, -0.2) is 13.1 Å². The number of amides is 1. The number of furan rings is 1. The Bertz CT molecular complexity index is 1120. The van der Waals surface area contributed by atoms with Crippen LogP contribution in [0.4, 0.5) is 5.69 Å². The molecule has 0 unspecified atom stereocenters. The van der Waals surface area contributed by atoms with Crippen molar-refractivity contribution in [3.05, 3.63) is 76.7 Å². The molecule has 9 heteroatoms. The molecule has 0 spiro atoms. The van der Waals surface area contributed by atoms with Crippen LogP contribution in [-0.4, -0.2) is 20.4 Å². The number of benzene rings is 2. The van der Waals surface area contributed by atoms with Crippen molar-refractivity contribution < 1.29 is 22.4 Å². The van der Waals surface area contributed by atoms with Crippen molar-refractivity contribution in [1.29, 1.82) is 0 Å². The number of carbonyl (C=O) groups is 1. The summed E-state index contributed by atoms with van der Waals surface area (Å²) in [6, 6.07) is 16.3. The van der Waals surface area contributed by atoms with Crippen LogP contribution in [0.25, 0.3) is 0 Å². The summed E-state index contributed by atoms with van der Waals surface area (Å²) >= 11 is 3.38. The summed E-state index contributed by atoms with van der Waals surface area (Å²) in [6.07, 6.45) is 0. The van der Waals surface area contributed by atoms with Gasteiger partial charge in [-0.3, -0.25) is 4.79 Å². The molecule has 1 aromatic heterocycles. The Labute approximate surface area is 183 Å². The van der Waals surface area contributed by atoms with Gasteiger partial charge in [0.05, 0.1) is 4.90 Å². The van der Waals surface area contributed by atoms with Crippen LogP contribution in [0.1, 0.15) is 30.2 Å². The maximum absolute atomic E-state index is 12.4. The number of anilines is 1. The van der Waals surface area contributed by atoms with Crippen molar-refractivity contribution in [1.82, 2.24) is 4.72 Å².